The van der Waals surface area contributed by atoms with Gasteiger partial charge in [0, 0.05) is 20.3 Å². The van der Waals surface area contributed by atoms with Gasteiger partial charge in [-0.2, -0.15) is 0 Å². The number of nitrogens with zero attached hydrogens (tertiary/aromatic N) is 1. The predicted octanol–water partition coefficient (Wildman–Crippen LogP) is -0.384. The molecule has 0 radical (unpaired) electrons. The summed E-state index contributed by atoms with van der Waals surface area (Å²) in [5.41, 5.74) is 0. The van der Waals surface area contributed by atoms with E-state index >= 15 is 0 Å². The van der Waals surface area contributed by atoms with Crippen molar-refractivity contribution in [3.8, 4) is 0 Å². The molecule has 0 aliphatic carbocycles. The van der Waals surface area contributed by atoms with Crippen LogP contribution in [0.3, 0.4) is 0 Å². The summed E-state index contributed by atoms with van der Waals surface area (Å²) in [4.78, 5) is 3.90. The molecular formula is C5H12BNO2. The van der Waals surface area contributed by atoms with E-state index in [1.54, 1.807) is 15.2 Å². The van der Waals surface area contributed by atoms with Gasteiger partial charge in [0.2, 0.25) is 0 Å². The van der Waals surface area contributed by atoms with Crippen molar-refractivity contribution >= 4 is 14.4 Å². The summed E-state index contributed by atoms with van der Waals surface area (Å²) in [6.07, 6.45) is 2.39. The molecule has 0 atom stereocenters. The summed E-state index contributed by atoms with van der Waals surface area (Å²) >= 11 is 0. The second-order valence-electron chi connectivity index (χ2n) is 1.59. The van der Waals surface area contributed by atoms with Crippen LogP contribution >= 0.6 is 0 Å². The van der Waals surface area contributed by atoms with E-state index in [0.717, 1.165) is 19.6 Å². The van der Waals surface area contributed by atoms with Gasteiger partial charge in [-0.05, 0) is 6.42 Å². The lowest BCUT2D eigenvalue weighted by Gasteiger charge is -1.92. The summed E-state index contributed by atoms with van der Waals surface area (Å²) in [5, 5.41) is 0. The molecule has 0 aromatic rings. The van der Waals surface area contributed by atoms with Gasteiger partial charge < -0.3 is 9.39 Å². The Hall–Kier alpha value is -0.505. The lowest BCUT2D eigenvalue weighted by atomic mass is 10.5. The molecule has 0 unspecified atom stereocenters. The molecule has 4 heteroatoms. The van der Waals surface area contributed by atoms with Crippen LogP contribution in [0.4, 0.5) is 0 Å². The molecule has 0 heterocycles. The fourth-order valence-corrected chi connectivity index (χ4v) is 0.427. The molecule has 0 N–H and O–H groups in total. The van der Waals surface area contributed by atoms with E-state index in [1.807, 2.05) is 0 Å². The van der Waals surface area contributed by atoms with Gasteiger partial charge in [-0.1, -0.05) is 0 Å². The van der Waals surface area contributed by atoms with Crippen molar-refractivity contribution in [3.63, 3.8) is 0 Å². The minimum Gasteiger partial charge on any atom is -0.560 e. The molecule has 3 nitrogen and oxygen atoms in total. The van der Waals surface area contributed by atoms with Crippen LogP contribution in [0.2, 0.25) is 0 Å². The summed E-state index contributed by atoms with van der Waals surface area (Å²) in [5.74, 6) is 0. The van der Waals surface area contributed by atoms with E-state index in [4.69, 9.17) is 4.74 Å². The Kier molecular flexibility index (Phi) is 7.07. The monoisotopic (exact) mass is 129 g/mol. The summed E-state index contributed by atoms with van der Waals surface area (Å²) in [6, 6.07) is 0. The lowest BCUT2D eigenvalue weighted by Crippen LogP contribution is -1.91. The summed E-state index contributed by atoms with van der Waals surface area (Å²) in [6.45, 7) is 1.54. The molecule has 0 saturated carbocycles. The summed E-state index contributed by atoms with van der Waals surface area (Å²) < 4.78 is 9.40. The normalized spacial score (nSPS) is 10.3. The molecule has 0 saturated heterocycles. The van der Waals surface area contributed by atoms with Crippen molar-refractivity contribution in [2.45, 2.75) is 6.42 Å². The Morgan fingerprint density at radius 3 is 3.00 bits per heavy atom. The van der Waals surface area contributed by atoms with Gasteiger partial charge >= 0.3 is 8.05 Å². The van der Waals surface area contributed by atoms with Crippen molar-refractivity contribution < 1.29 is 9.39 Å². The minimum atomic E-state index is 0.765. The Labute approximate surface area is 56.5 Å². The molecule has 0 amide bonds. The van der Waals surface area contributed by atoms with Crippen LogP contribution in [0.25, 0.3) is 0 Å². The van der Waals surface area contributed by atoms with Gasteiger partial charge in [0.25, 0.3) is 0 Å². The first-order valence-corrected chi connectivity index (χ1v) is 2.92. The third kappa shape index (κ3) is 7.49. The third-order valence-electron chi connectivity index (χ3n) is 0.816. The second kappa shape index (κ2) is 7.49. The molecule has 0 rings (SSSR count). The molecule has 0 aromatic heterocycles. The van der Waals surface area contributed by atoms with Crippen LogP contribution in [-0.2, 0) is 9.39 Å². The highest BCUT2D eigenvalue weighted by atomic mass is 16.5. The number of rotatable bonds is 5. The number of aliphatic imine (C=N–C) groups is 1. The first-order valence-electron chi connectivity index (χ1n) is 2.92. The van der Waals surface area contributed by atoms with Crippen LogP contribution in [0, 0.1) is 0 Å². The van der Waals surface area contributed by atoms with E-state index in [1.165, 1.54) is 6.40 Å². The maximum atomic E-state index is 4.81. The van der Waals surface area contributed by atoms with E-state index in [2.05, 4.69) is 9.65 Å². The lowest BCUT2D eigenvalue weighted by molar-refractivity contribution is 0.197. The Morgan fingerprint density at radius 2 is 2.44 bits per heavy atom. The highest BCUT2D eigenvalue weighted by Crippen LogP contribution is 1.79. The van der Waals surface area contributed by atoms with E-state index in [0.29, 0.717) is 0 Å². The number of hydrogen-bond donors (Lipinski definition) is 0. The molecule has 0 bridgehead atoms. The molecule has 0 spiro atoms. The van der Waals surface area contributed by atoms with Crippen molar-refractivity contribution in [1.82, 2.24) is 0 Å². The molecular weight excluding hydrogens is 117 g/mol. The van der Waals surface area contributed by atoms with E-state index in [9.17, 15) is 0 Å². The first-order chi connectivity index (χ1) is 4.41. The fraction of sp³-hybridized carbons (Fsp3) is 0.800. The maximum absolute atomic E-state index is 4.81. The summed E-state index contributed by atoms with van der Waals surface area (Å²) in [7, 11) is 3.26. The topological polar surface area (TPSA) is 30.8 Å². The fourth-order valence-electron chi connectivity index (χ4n) is 0.427. The SMILES string of the molecule is BOC=NCCCOC. The zero-order valence-electron chi connectivity index (χ0n) is 5.96. The first kappa shape index (κ1) is 8.49. The van der Waals surface area contributed by atoms with Crippen LogP contribution in [-0.4, -0.2) is 34.7 Å². The number of ether oxygens (including phenoxy) is 1. The highest BCUT2D eigenvalue weighted by molar-refractivity contribution is 6.02. The average molecular weight is 129 g/mol. The highest BCUT2D eigenvalue weighted by Gasteiger charge is 1.79. The van der Waals surface area contributed by atoms with E-state index in [-0.39, 0.29) is 0 Å². The Bertz CT molecular complexity index is 77.4. The van der Waals surface area contributed by atoms with E-state index < -0.39 is 0 Å². The third-order valence-corrected chi connectivity index (χ3v) is 0.816. The Balaban J connectivity index is 2.82. The number of methoxy groups -OCH3 is 1. The van der Waals surface area contributed by atoms with Crippen molar-refractivity contribution in [2.24, 2.45) is 4.99 Å². The van der Waals surface area contributed by atoms with Crippen molar-refractivity contribution in [2.75, 3.05) is 20.3 Å². The van der Waals surface area contributed by atoms with Crippen LogP contribution in [0.5, 0.6) is 0 Å². The van der Waals surface area contributed by atoms with Crippen molar-refractivity contribution in [1.29, 1.82) is 0 Å². The van der Waals surface area contributed by atoms with Gasteiger partial charge in [0.05, 0.1) is 0 Å². The predicted molar refractivity (Wildman–Crippen MR) is 39.5 cm³/mol. The molecule has 9 heavy (non-hydrogen) atoms. The zero-order chi connectivity index (χ0) is 6.95. The minimum absolute atomic E-state index is 0.765. The van der Waals surface area contributed by atoms with Crippen LogP contribution in [0.1, 0.15) is 6.42 Å². The van der Waals surface area contributed by atoms with Crippen LogP contribution in [0.15, 0.2) is 4.99 Å². The smallest absolute Gasteiger partial charge is 0.323 e. The molecule has 52 valence electrons. The van der Waals surface area contributed by atoms with Crippen molar-refractivity contribution in [3.05, 3.63) is 0 Å². The van der Waals surface area contributed by atoms with Gasteiger partial charge in [-0.25, -0.2) is 0 Å². The Morgan fingerprint density at radius 1 is 1.67 bits per heavy atom. The van der Waals surface area contributed by atoms with Gasteiger partial charge in [-0.3, -0.25) is 4.99 Å². The maximum Gasteiger partial charge on any atom is 0.323 e. The molecule has 0 aliphatic rings. The van der Waals surface area contributed by atoms with Gasteiger partial charge in [0.1, 0.15) is 0 Å². The quantitative estimate of drug-likeness (QED) is 0.219. The standard InChI is InChI=1S/C5H12BNO2/c1-8-4-2-3-7-5-9-6/h5H,2-4,6H2,1H3. The van der Waals surface area contributed by atoms with Crippen LogP contribution < -0.4 is 0 Å². The second-order valence-corrected chi connectivity index (χ2v) is 1.59. The van der Waals surface area contributed by atoms with Gasteiger partial charge in [-0.15, -0.1) is 0 Å². The average Bonchev–Trinajstić information content (AvgIpc) is 1.89. The van der Waals surface area contributed by atoms with Gasteiger partial charge in [0.15, 0.2) is 6.40 Å². The molecule has 0 fully saturated rings. The largest absolute Gasteiger partial charge is 0.560 e. The molecule has 0 aliphatic heterocycles. The molecule has 0 aromatic carbocycles. The number of hydrogen-bond acceptors (Lipinski definition) is 3. The zero-order valence-corrected chi connectivity index (χ0v) is 5.96.